The third kappa shape index (κ3) is 3.29. The van der Waals surface area contributed by atoms with Crippen molar-refractivity contribution >= 4 is 11.7 Å². The minimum Gasteiger partial charge on any atom is -0.462 e. The largest absolute Gasteiger partial charge is 0.462 e. The van der Waals surface area contributed by atoms with Crippen LogP contribution in [-0.4, -0.2) is 57.0 Å². The lowest BCUT2D eigenvalue weighted by atomic mass is 9.53. The van der Waals surface area contributed by atoms with Crippen molar-refractivity contribution in [2.24, 2.45) is 23.2 Å². The summed E-state index contributed by atoms with van der Waals surface area (Å²) < 4.78 is 26.2. The molecule has 2 aliphatic carbocycles. The third-order valence-electron chi connectivity index (χ3n) is 9.25. The highest BCUT2D eigenvalue weighted by molar-refractivity contribution is 5.75. The molecule has 6 rings (SSSR count). The summed E-state index contributed by atoms with van der Waals surface area (Å²) in [7, 11) is 0. The van der Waals surface area contributed by atoms with Gasteiger partial charge in [-0.1, -0.05) is 19.1 Å². The van der Waals surface area contributed by atoms with E-state index in [0.29, 0.717) is 17.5 Å². The SMILES string of the molecule is C[C@]12CCC[C@]3(CO3)[C@@H]1C[C@H]1[C@@H](C2)OC(=O)[C@@H]1C[NH+]1CCN(c2ccccc2F)CC1. The number of para-hydroxylation sites is 1. The number of carbonyl (C=O) groups excluding carboxylic acids is 1. The molecule has 1 aromatic carbocycles. The van der Waals surface area contributed by atoms with E-state index in [9.17, 15) is 9.18 Å². The Bertz CT molecular complexity index is 866. The number of anilines is 1. The molecule has 0 aromatic heterocycles. The van der Waals surface area contributed by atoms with E-state index in [1.165, 1.54) is 30.2 Å². The van der Waals surface area contributed by atoms with Crippen LogP contribution in [0, 0.1) is 29.0 Å². The van der Waals surface area contributed by atoms with Gasteiger partial charge in [-0.2, -0.15) is 0 Å². The summed E-state index contributed by atoms with van der Waals surface area (Å²) in [5.74, 6) is 0.776. The average Bonchev–Trinajstić information content (AvgIpc) is 3.46. The van der Waals surface area contributed by atoms with Crippen LogP contribution in [0.25, 0.3) is 0 Å². The number of fused-ring (bicyclic) bond motifs is 3. The maximum atomic E-state index is 14.2. The van der Waals surface area contributed by atoms with Gasteiger partial charge in [0.05, 0.1) is 50.6 Å². The van der Waals surface area contributed by atoms with Crippen LogP contribution in [0.1, 0.15) is 39.0 Å². The number of esters is 1. The summed E-state index contributed by atoms with van der Waals surface area (Å²) in [6.07, 6.45) is 5.83. The normalized spacial score (nSPS) is 42.3. The zero-order valence-corrected chi connectivity index (χ0v) is 18.4. The first kappa shape index (κ1) is 20.0. The number of hydrogen-bond donors (Lipinski definition) is 1. The fourth-order valence-corrected chi connectivity index (χ4v) is 7.48. The summed E-state index contributed by atoms with van der Waals surface area (Å²) in [5, 5.41) is 0. The number of piperazine rings is 1. The number of nitrogens with one attached hydrogen (secondary N) is 1. The minimum absolute atomic E-state index is 0.00212. The zero-order valence-electron chi connectivity index (χ0n) is 18.4. The number of hydrogen-bond acceptors (Lipinski definition) is 4. The first-order valence-electron chi connectivity index (χ1n) is 12.1. The maximum Gasteiger partial charge on any atom is 0.315 e. The monoisotopic (exact) mass is 429 g/mol. The smallest absolute Gasteiger partial charge is 0.315 e. The molecule has 5 fully saturated rings. The van der Waals surface area contributed by atoms with E-state index in [4.69, 9.17) is 9.47 Å². The number of halogens is 1. The number of carbonyl (C=O) groups is 1. The van der Waals surface area contributed by atoms with Gasteiger partial charge in [0.1, 0.15) is 17.8 Å². The van der Waals surface area contributed by atoms with E-state index in [1.807, 2.05) is 12.1 Å². The van der Waals surface area contributed by atoms with E-state index < -0.39 is 0 Å². The van der Waals surface area contributed by atoms with Crippen LogP contribution in [-0.2, 0) is 14.3 Å². The standard InChI is InChI=1S/C25H33FN2O3/c1-24-7-4-8-25(16-30-25)22(24)13-17-18(23(29)31-21(17)14-24)15-27-9-11-28(12-10-27)20-6-3-2-5-19(20)26/h2-3,5-6,17-18,21-22H,4,7-16H2,1H3/p+1/t17-,18-,21-,22-,24-,25+/m1/s1. The summed E-state index contributed by atoms with van der Waals surface area (Å²) >= 11 is 0. The molecule has 2 saturated carbocycles. The molecule has 31 heavy (non-hydrogen) atoms. The lowest BCUT2D eigenvalue weighted by molar-refractivity contribution is -0.903. The quantitative estimate of drug-likeness (QED) is 0.590. The van der Waals surface area contributed by atoms with Crippen LogP contribution in [0.4, 0.5) is 10.1 Å². The molecule has 5 nitrogen and oxygen atoms in total. The molecule has 168 valence electrons. The van der Waals surface area contributed by atoms with Crippen molar-refractivity contribution in [1.82, 2.24) is 0 Å². The fraction of sp³-hybridized carbons (Fsp3) is 0.720. The second-order valence-electron chi connectivity index (χ2n) is 11.0. The Balaban J connectivity index is 1.12. The second-order valence-corrected chi connectivity index (χ2v) is 11.0. The van der Waals surface area contributed by atoms with Crippen LogP contribution >= 0.6 is 0 Å². The van der Waals surface area contributed by atoms with Crippen molar-refractivity contribution in [2.45, 2.75) is 50.7 Å². The third-order valence-corrected chi connectivity index (χ3v) is 9.25. The Morgan fingerprint density at radius 1 is 1.23 bits per heavy atom. The molecule has 6 atom stereocenters. The highest BCUT2D eigenvalue weighted by Crippen LogP contribution is 2.62. The highest BCUT2D eigenvalue weighted by atomic mass is 19.1. The zero-order chi connectivity index (χ0) is 21.2. The van der Waals surface area contributed by atoms with Gasteiger partial charge in [-0.25, -0.2) is 4.39 Å². The van der Waals surface area contributed by atoms with E-state index in [1.54, 1.807) is 6.07 Å². The molecule has 6 heteroatoms. The van der Waals surface area contributed by atoms with Gasteiger partial charge in [0.15, 0.2) is 0 Å². The Morgan fingerprint density at radius 3 is 2.74 bits per heavy atom. The molecule has 1 N–H and O–H groups in total. The van der Waals surface area contributed by atoms with Crippen molar-refractivity contribution in [3.8, 4) is 0 Å². The molecule has 3 saturated heterocycles. The van der Waals surface area contributed by atoms with Crippen LogP contribution in [0.5, 0.6) is 0 Å². The second kappa shape index (κ2) is 7.17. The molecule has 1 spiro atoms. The Labute approximate surface area is 183 Å². The van der Waals surface area contributed by atoms with Gasteiger partial charge < -0.3 is 19.3 Å². The number of benzene rings is 1. The Kier molecular flexibility index (Phi) is 4.62. The first-order chi connectivity index (χ1) is 15.0. The topological polar surface area (TPSA) is 46.5 Å². The summed E-state index contributed by atoms with van der Waals surface area (Å²) in [5.41, 5.74) is 1.05. The van der Waals surface area contributed by atoms with Gasteiger partial charge in [0.25, 0.3) is 0 Å². The van der Waals surface area contributed by atoms with Crippen LogP contribution in [0.3, 0.4) is 0 Å². The van der Waals surface area contributed by atoms with Gasteiger partial charge in [-0.05, 0) is 55.6 Å². The van der Waals surface area contributed by atoms with Crippen molar-refractivity contribution in [3.05, 3.63) is 30.1 Å². The summed E-state index contributed by atoms with van der Waals surface area (Å²) in [6.45, 7) is 7.68. The Hall–Kier alpha value is -1.66. The number of ether oxygens (including phenoxy) is 2. The molecular weight excluding hydrogens is 395 g/mol. The lowest BCUT2D eigenvalue weighted by Gasteiger charge is -2.51. The Morgan fingerprint density at radius 2 is 2.00 bits per heavy atom. The van der Waals surface area contributed by atoms with Crippen LogP contribution < -0.4 is 9.80 Å². The predicted octanol–water partition coefficient (Wildman–Crippen LogP) is 2.06. The molecule has 0 radical (unpaired) electrons. The van der Waals surface area contributed by atoms with Gasteiger partial charge in [0.2, 0.25) is 0 Å². The van der Waals surface area contributed by atoms with E-state index >= 15 is 0 Å². The molecule has 3 aliphatic heterocycles. The van der Waals surface area contributed by atoms with Crippen LogP contribution in [0.15, 0.2) is 24.3 Å². The average molecular weight is 430 g/mol. The molecule has 5 aliphatic rings. The number of nitrogens with zero attached hydrogens (tertiary/aromatic N) is 1. The van der Waals surface area contributed by atoms with Gasteiger partial charge in [-0.3, -0.25) is 4.79 Å². The van der Waals surface area contributed by atoms with Crippen molar-refractivity contribution < 1.29 is 23.6 Å². The lowest BCUT2D eigenvalue weighted by Crippen LogP contribution is -3.15. The van der Waals surface area contributed by atoms with Crippen molar-refractivity contribution in [2.75, 3.05) is 44.2 Å². The summed E-state index contributed by atoms with van der Waals surface area (Å²) in [4.78, 5) is 16.5. The van der Waals surface area contributed by atoms with Gasteiger partial charge >= 0.3 is 5.97 Å². The summed E-state index contributed by atoms with van der Waals surface area (Å²) in [6, 6.07) is 7.02. The number of epoxide rings is 1. The molecular formula is C25H34FN2O3+. The van der Waals surface area contributed by atoms with E-state index in [2.05, 4.69) is 11.8 Å². The molecule has 3 heterocycles. The molecule has 0 amide bonds. The maximum absolute atomic E-state index is 14.2. The van der Waals surface area contributed by atoms with Gasteiger partial charge in [-0.15, -0.1) is 0 Å². The number of quaternary nitrogens is 1. The molecule has 0 unspecified atom stereocenters. The van der Waals surface area contributed by atoms with Crippen molar-refractivity contribution in [3.63, 3.8) is 0 Å². The number of rotatable bonds is 3. The fourth-order valence-electron chi connectivity index (χ4n) is 7.48. The van der Waals surface area contributed by atoms with Crippen molar-refractivity contribution in [1.29, 1.82) is 0 Å². The minimum atomic E-state index is -0.151. The molecule has 1 aromatic rings. The first-order valence-corrected chi connectivity index (χ1v) is 12.1. The van der Waals surface area contributed by atoms with E-state index in [0.717, 1.165) is 52.2 Å². The van der Waals surface area contributed by atoms with E-state index in [-0.39, 0.29) is 34.8 Å². The molecule has 0 bridgehead atoms. The highest BCUT2D eigenvalue weighted by Gasteiger charge is 2.65. The van der Waals surface area contributed by atoms with Gasteiger partial charge in [0, 0.05) is 5.92 Å². The van der Waals surface area contributed by atoms with Crippen LogP contribution in [0.2, 0.25) is 0 Å². The predicted molar refractivity (Wildman–Crippen MR) is 114 cm³/mol.